The minimum absolute atomic E-state index is 0.296. The summed E-state index contributed by atoms with van der Waals surface area (Å²) < 4.78 is 23.8. The predicted octanol–water partition coefficient (Wildman–Crippen LogP) is 7.00. The summed E-state index contributed by atoms with van der Waals surface area (Å²) in [4.78, 5) is 30.1. The van der Waals surface area contributed by atoms with Crippen molar-refractivity contribution >= 4 is 18.3 Å². The molecule has 2 rings (SSSR count). The van der Waals surface area contributed by atoms with Crippen LogP contribution in [0.15, 0.2) is 54.6 Å². The van der Waals surface area contributed by atoms with Crippen molar-refractivity contribution < 1.29 is 28.3 Å². The van der Waals surface area contributed by atoms with Crippen molar-refractivity contribution in [1.82, 2.24) is 5.06 Å². The summed E-state index contributed by atoms with van der Waals surface area (Å²) >= 11 is 0. The number of hydroxylamine groups is 2. The summed E-state index contributed by atoms with van der Waals surface area (Å²) in [5.74, 6) is -0.296. The number of halogens is 1. The molecule has 2 aromatic rings. The van der Waals surface area contributed by atoms with Gasteiger partial charge in [-0.25, -0.2) is 14.0 Å². The van der Waals surface area contributed by atoms with E-state index in [0.717, 1.165) is 21.8 Å². The highest BCUT2D eigenvalue weighted by atomic mass is 19.1. The molecular weight excluding hydrogens is 425 g/mol. The topological polar surface area (TPSA) is 65.1 Å². The van der Waals surface area contributed by atoms with Crippen molar-refractivity contribution in [2.45, 2.75) is 65.7 Å². The van der Waals surface area contributed by atoms with Crippen LogP contribution in [-0.4, -0.2) is 34.6 Å². The summed E-state index contributed by atoms with van der Waals surface area (Å²) in [7, 11) is 0. The fourth-order valence-corrected chi connectivity index (χ4v) is 2.74. The van der Waals surface area contributed by atoms with Crippen LogP contribution in [0.5, 0.6) is 0 Å². The molecule has 0 bridgehead atoms. The zero-order chi connectivity index (χ0) is 24.8. The van der Waals surface area contributed by atoms with Gasteiger partial charge in [-0.3, -0.25) is 4.84 Å². The Kier molecular flexibility index (Phi) is 8.25. The quantitative estimate of drug-likeness (QED) is 0.365. The van der Waals surface area contributed by atoms with Crippen molar-refractivity contribution in [3.8, 4) is 11.1 Å². The van der Waals surface area contributed by atoms with Gasteiger partial charge in [-0.15, -0.1) is 5.06 Å². The number of hydrogen-bond donors (Lipinski definition) is 0. The first kappa shape index (κ1) is 25.9. The number of ether oxygens (including phenoxy) is 2. The fourth-order valence-electron chi connectivity index (χ4n) is 2.74. The number of carbonyl (C=O) groups excluding carboxylic acids is 2. The van der Waals surface area contributed by atoms with Gasteiger partial charge in [-0.1, -0.05) is 42.5 Å². The van der Waals surface area contributed by atoms with E-state index in [2.05, 4.69) is 0 Å². The molecule has 0 fully saturated rings. The van der Waals surface area contributed by atoms with Crippen LogP contribution in [0.25, 0.3) is 17.2 Å². The van der Waals surface area contributed by atoms with Crippen LogP contribution in [0, 0.1) is 5.82 Å². The molecule has 33 heavy (non-hydrogen) atoms. The smallest absolute Gasteiger partial charge is 0.442 e. The van der Waals surface area contributed by atoms with Crippen molar-refractivity contribution in [2.24, 2.45) is 0 Å². The minimum atomic E-state index is -1.01. The number of amides is 1. The Morgan fingerprint density at radius 1 is 0.909 bits per heavy atom. The predicted molar refractivity (Wildman–Crippen MR) is 126 cm³/mol. The lowest BCUT2D eigenvalue weighted by Crippen LogP contribution is -2.43. The third-order valence-corrected chi connectivity index (χ3v) is 4.14. The molecule has 0 N–H and O–H groups in total. The van der Waals surface area contributed by atoms with E-state index in [4.69, 9.17) is 14.3 Å². The lowest BCUT2D eigenvalue weighted by Gasteiger charge is -2.29. The van der Waals surface area contributed by atoms with Crippen molar-refractivity contribution in [1.29, 1.82) is 0 Å². The lowest BCUT2D eigenvalue weighted by atomic mass is 10.0. The van der Waals surface area contributed by atoms with Gasteiger partial charge in [0.15, 0.2) is 0 Å². The molecule has 6 nitrogen and oxygen atoms in total. The Morgan fingerprint density at radius 2 is 1.52 bits per heavy atom. The van der Waals surface area contributed by atoms with E-state index in [0.29, 0.717) is 0 Å². The summed E-state index contributed by atoms with van der Waals surface area (Å²) in [6.45, 7) is 11.9. The minimum Gasteiger partial charge on any atom is -0.442 e. The molecule has 178 valence electrons. The third-order valence-electron chi connectivity index (χ3n) is 4.14. The molecule has 1 amide bonds. The van der Waals surface area contributed by atoms with E-state index < -0.39 is 29.5 Å². The van der Waals surface area contributed by atoms with Gasteiger partial charge in [0.1, 0.15) is 17.0 Å². The molecule has 0 radical (unpaired) electrons. The van der Waals surface area contributed by atoms with E-state index in [1.54, 1.807) is 72.8 Å². The van der Waals surface area contributed by atoms with Gasteiger partial charge in [0.2, 0.25) is 0 Å². The molecule has 0 saturated heterocycles. The van der Waals surface area contributed by atoms with E-state index in [1.807, 2.05) is 24.3 Å². The first-order valence-electron chi connectivity index (χ1n) is 10.7. The number of hydrogen-bond acceptors (Lipinski definition) is 5. The second kappa shape index (κ2) is 10.5. The van der Waals surface area contributed by atoms with Crippen LogP contribution < -0.4 is 0 Å². The fraction of sp³-hybridized carbons (Fsp3) is 0.385. The molecule has 0 heterocycles. The molecular formula is C26H32FNO5. The summed E-state index contributed by atoms with van der Waals surface area (Å²) in [6.07, 6.45) is 1.68. The second-order valence-electron chi connectivity index (χ2n) is 9.59. The number of benzene rings is 2. The SMILES string of the molecule is C[C@H](/C=C/c1cccc(-c2ccc(F)cc2)c1)N(OC(=O)OC(C)(C)C)C(=O)OC(C)(C)C. The van der Waals surface area contributed by atoms with E-state index >= 15 is 0 Å². The van der Waals surface area contributed by atoms with Crippen molar-refractivity contribution in [2.75, 3.05) is 0 Å². The van der Waals surface area contributed by atoms with Gasteiger partial charge in [0.25, 0.3) is 0 Å². The van der Waals surface area contributed by atoms with E-state index in [1.165, 1.54) is 12.1 Å². The van der Waals surface area contributed by atoms with Crippen molar-refractivity contribution in [3.05, 3.63) is 66.0 Å². The van der Waals surface area contributed by atoms with Crippen LogP contribution >= 0.6 is 0 Å². The maximum atomic E-state index is 13.2. The first-order chi connectivity index (χ1) is 15.2. The highest BCUT2D eigenvalue weighted by Gasteiger charge is 2.30. The van der Waals surface area contributed by atoms with Crippen molar-refractivity contribution in [3.63, 3.8) is 0 Å². The average Bonchev–Trinajstić information content (AvgIpc) is 2.68. The van der Waals surface area contributed by atoms with Crippen LogP contribution in [-0.2, 0) is 14.3 Å². The third kappa shape index (κ3) is 8.96. The van der Waals surface area contributed by atoms with Crippen LogP contribution in [0.1, 0.15) is 54.0 Å². The summed E-state index contributed by atoms with van der Waals surface area (Å²) in [5.41, 5.74) is 1.09. The zero-order valence-corrected chi connectivity index (χ0v) is 20.2. The van der Waals surface area contributed by atoms with Crippen LogP contribution in [0.2, 0.25) is 0 Å². The standard InChI is InChI=1S/C26H32FNO5/c1-18(28(23(29)31-25(2,3)4)33-24(30)32-26(5,6)7)11-12-19-9-8-10-21(17-19)20-13-15-22(27)16-14-20/h8-18H,1-7H3/b12-11+/t18-/m1/s1. The largest absolute Gasteiger partial charge is 0.534 e. The highest BCUT2D eigenvalue weighted by molar-refractivity contribution is 5.71. The van der Waals surface area contributed by atoms with Gasteiger partial charge < -0.3 is 9.47 Å². The van der Waals surface area contributed by atoms with E-state index in [9.17, 15) is 14.0 Å². The van der Waals surface area contributed by atoms with E-state index in [-0.39, 0.29) is 5.82 Å². The molecule has 0 aliphatic carbocycles. The zero-order valence-electron chi connectivity index (χ0n) is 20.2. The summed E-state index contributed by atoms with van der Waals surface area (Å²) in [5, 5.41) is 0.847. The molecule has 0 spiro atoms. The maximum absolute atomic E-state index is 13.2. The molecule has 1 atom stereocenters. The molecule has 7 heteroatoms. The number of carbonyl (C=O) groups is 2. The molecule has 2 aromatic carbocycles. The Bertz CT molecular complexity index is 987. The van der Waals surface area contributed by atoms with Gasteiger partial charge in [0, 0.05) is 0 Å². The molecule has 0 aliphatic heterocycles. The Balaban J connectivity index is 2.22. The number of nitrogens with zero attached hydrogens (tertiary/aromatic N) is 1. The van der Waals surface area contributed by atoms with Gasteiger partial charge in [0.05, 0.1) is 6.04 Å². The molecule has 0 saturated carbocycles. The number of rotatable bonds is 4. The van der Waals surface area contributed by atoms with Crippen LogP contribution in [0.4, 0.5) is 14.0 Å². The van der Waals surface area contributed by atoms with Gasteiger partial charge >= 0.3 is 12.2 Å². The van der Waals surface area contributed by atoms with Crippen LogP contribution in [0.3, 0.4) is 0 Å². The van der Waals surface area contributed by atoms with Gasteiger partial charge in [-0.2, -0.15) is 0 Å². The molecule has 0 unspecified atom stereocenters. The monoisotopic (exact) mass is 457 g/mol. The second-order valence-corrected chi connectivity index (χ2v) is 9.59. The highest BCUT2D eigenvalue weighted by Crippen LogP contribution is 2.22. The molecule has 0 aromatic heterocycles. The lowest BCUT2D eigenvalue weighted by molar-refractivity contribution is -0.145. The average molecular weight is 458 g/mol. The Labute approximate surface area is 194 Å². The molecule has 0 aliphatic rings. The Morgan fingerprint density at radius 3 is 2.09 bits per heavy atom. The first-order valence-corrected chi connectivity index (χ1v) is 10.7. The normalized spacial score (nSPS) is 12.8. The maximum Gasteiger partial charge on any atom is 0.534 e. The van der Waals surface area contributed by atoms with Gasteiger partial charge in [-0.05, 0) is 83.4 Å². The summed E-state index contributed by atoms with van der Waals surface area (Å²) in [6, 6.07) is 13.2. The Hall–Kier alpha value is -3.35.